The van der Waals surface area contributed by atoms with Crippen LogP contribution < -0.4 is 0 Å². The molecule has 0 saturated heterocycles. The van der Waals surface area contributed by atoms with E-state index in [1.165, 1.54) is 0 Å². The molecule has 1 saturated carbocycles. The van der Waals surface area contributed by atoms with E-state index in [4.69, 9.17) is 0 Å². The van der Waals surface area contributed by atoms with Gasteiger partial charge in [-0.1, -0.05) is 0 Å². The summed E-state index contributed by atoms with van der Waals surface area (Å²) in [5.74, 6) is 0. The maximum absolute atomic E-state index is 11.9. The van der Waals surface area contributed by atoms with Crippen LogP contribution in [0.15, 0.2) is 0 Å². The molecule has 2 unspecified atom stereocenters. The van der Waals surface area contributed by atoms with Crippen LogP contribution in [0.25, 0.3) is 0 Å². The minimum atomic E-state index is -5.88. The molecule has 0 aliphatic heterocycles. The van der Waals surface area contributed by atoms with Crippen molar-refractivity contribution < 1.29 is 43.2 Å². The summed E-state index contributed by atoms with van der Waals surface area (Å²) in [5, 5.41) is -5.12. The molecule has 0 aromatic rings. The molecule has 1 aliphatic carbocycles. The van der Waals surface area contributed by atoms with Crippen LogP contribution in [0.4, 0.5) is 26.3 Å². The van der Waals surface area contributed by atoms with Gasteiger partial charge in [0.2, 0.25) is 0 Å². The van der Waals surface area contributed by atoms with Gasteiger partial charge in [0.15, 0.2) is 0 Å². The summed E-state index contributed by atoms with van der Waals surface area (Å²) in [5.41, 5.74) is -11.5. The van der Waals surface area contributed by atoms with Gasteiger partial charge in [-0.3, -0.25) is 0 Å². The van der Waals surface area contributed by atoms with E-state index >= 15 is 0 Å². The molecule has 102 valence electrons. The molecule has 0 amide bonds. The molecule has 1 rings (SSSR count). The molecule has 4 nitrogen and oxygen atoms in total. The maximum atomic E-state index is 11.9. The average Bonchev–Trinajstić information content (AvgIpc) is 2.77. The predicted octanol–water partition coefficient (Wildman–Crippen LogP) is 0.997. The predicted molar refractivity (Wildman–Crippen MR) is 42.1 cm³/mol. The highest BCUT2D eigenvalue weighted by molar-refractivity contribution is 7.97. The van der Waals surface area contributed by atoms with Gasteiger partial charge >= 0.3 is 11.0 Å². The van der Waals surface area contributed by atoms with E-state index in [-0.39, 0.29) is 0 Å². The summed E-state index contributed by atoms with van der Waals surface area (Å²) in [4.78, 5) is 0. The highest BCUT2D eigenvalue weighted by Gasteiger charge is 2.68. The Balaban J connectivity index is 3.03. The number of alkyl halides is 6. The van der Waals surface area contributed by atoms with Gasteiger partial charge in [-0.05, 0) is 6.42 Å². The zero-order valence-electron chi connectivity index (χ0n) is 7.58. The standard InChI is InChI=1S/C5H4F6O4S2/c6-4(7,8)16(12,13)2-1-3(2)17(14,15)5(9,10)11/h2-3H,1H2. The van der Waals surface area contributed by atoms with Crippen molar-refractivity contribution in [2.45, 2.75) is 27.9 Å². The van der Waals surface area contributed by atoms with Crippen molar-refractivity contribution in [3.8, 4) is 0 Å². The van der Waals surface area contributed by atoms with E-state index < -0.39 is 47.6 Å². The smallest absolute Gasteiger partial charge is 0.219 e. The van der Waals surface area contributed by atoms with Gasteiger partial charge in [-0.15, -0.1) is 0 Å². The van der Waals surface area contributed by atoms with Crippen molar-refractivity contribution in [1.82, 2.24) is 0 Å². The number of hydrogen-bond acceptors (Lipinski definition) is 4. The average molecular weight is 306 g/mol. The van der Waals surface area contributed by atoms with E-state index in [0.717, 1.165) is 0 Å². The van der Waals surface area contributed by atoms with Crippen LogP contribution in [-0.2, 0) is 19.7 Å². The van der Waals surface area contributed by atoms with E-state index in [1.807, 2.05) is 0 Å². The largest absolute Gasteiger partial charge is 0.497 e. The Morgan fingerprint density at radius 2 is 0.941 bits per heavy atom. The third-order valence-electron chi connectivity index (χ3n) is 2.12. The number of rotatable bonds is 2. The van der Waals surface area contributed by atoms with Gasteiger partial charge in [0.25, 0.3) is 19.7 Å². The lowest BCUT2D eigenvalue weighted by Gasteiger charge is -2.09. The van der Waals surface area contributed by atoms with Crippen LogP contribution in [0.3, 0.4) is 0 Å². The lowest BCUT2D eigenvalue weighted by Crippen LogP contribution is -2.34. The van der Waals surface area contributed by atoms with Crippen LogP contribution >= 0.6 is 0 Å². The summed E-state index contributed by atoms with van der Waals surface area (Å²) in [6.07, 6.45) is -1.19. The maximum Gasteiger partial charge on any atom is 0.497 e. The zero-order valence-corrected chi connectivity index (χ0v) is 9.21. The molecular formula is C5H4F6O4S2. The van der Waals surface area contributed by atoms with Gasteiger partial charge in [-0.2, -0.15) is 26.3 Å². The minimum absolute atomic E-state index is 1.19. The third-order valence-corrected chi connectivity index (χ3v) is 6.22. The van der Waals surface area contributed by atoms with Gasteiger partial charge < -0.3 is 0 Å². The Hall–Kier alpha value is -0.520. The Kier molecular flexibility index (Phi) is 2.99. The van der Waals surface area contributed by atoms with Crippen LogP contribution in [0.5, 0.6) is 0 Å². The fourth-order valence-electron chi connectivity index (χ4n) is 1.15. The van der Waals surface area contributed by atoms with Gasteiger partial charge in [0.05, 0.1) is 10.5 Å². The monoisotopic (exact) mass is 306 g/mol. The lowest BCUT2D eigenvalue weighted by atomic mass is 11.0. The van der Waals surface area contributed by atoms with E-state index in [1.54, 1.807) is 0 Å². The quantitative estimate of drug-likeness (QED) is 0.714. The second kappa shape index (κ2) is 3.49. The van der Waals surface area contributed by atoms with Crippen molar-refractivity contribution in [1.29, 1.82) is 0 Å². The fraction of sp³-hybridized carbons (Fsp3) is 1.00. The molecule has 0 heterocycles. The van der Waals surface area contributed by atoms with Crippen molar-refractivity contribution in [2.75, 3.05) is 0 Å². The molecule has 2 atom stereocenters. The first kappa shape index (κ1) is 14.5. The molecule has 0 spiro atoms. The van der Waals surface area contributed by atoms with Crippen LogP contribution in [0.1, 0.15) is 6.42 Å². The van der Waals surface area contributed by atoms with Crippen molar-refractivity contribution >= 4 is 19.7 Å². The summed E-state index contributed by atoms with van der Waals surface area (Å²) < 4.78 is 114. The van der Waals surface area contributed by atoms with E-state index in [9.17, 15) is 43.2 Å². The first-order valence-corrected chi connectivity index (χ1v) is 6.92. The number of hydrogen-bond donors (Lipinski definition) is 0. The molecule has 17 heavy (non-hydrogen) atoms. The van der Waals surface area contributed by atoms with Gasteiger partial charge in [-0.25, -0.2) is 16.8 Å². The Labute approximate surface area is 91.4 Å². The second-order valence-corrected chi connectivity index (χ2v) is 7.61. The second-order valence-electron chi connectivity index (χ2n) is 3.29. The molecule has 12 heteroatoms. The topological polar surface area (TPSA) is 68.3 Å². The molecule has 1 aliphatic rings. The van der Waals surface area contributed by atoms with Crippen molar-refractivity contribution in [2.24, 2.45) is 0 Å². The van der Waals surface area contributed by atoms with Gasteiger partial charge in [0, 0.05) is 0 Å². The Bertz CT molecular complexity index is 464. The molecule has 1 fully saturated rings. The number of halogens is 6. The van der Waals surface area contributed by atoms with Crippen molar-refractivity contribution in [3.63, 3.8) is 0 Å². The first-order chi connectivity index (χ1) is 7.23. The summed E-state index contributed by atoms with van der Waals surface area (Å²) in [6.45, 7) is 0. The van der Waals surface area contributed by atoms with Crippen LogP contribution in [0.2, 0.25) is 0 Å². The Morgan fingerprint density at radius 1 is 0.706 bits per heavy atom. The highest BCUT2D eigenvalue weighted by Crippen LogP contribution is 2.46. The summed E-state index contributed by atoms with van der Waals surface area (Å²) >= 11 is 0. The van der Waals surface area contributed by atoms with Crippen molar-refractivity contribution in [3.05, 3.63) is 0 Å². The van der Waals surface area contributed by atoms with E-state index in [2.05, 4.69) is 0 Å². The van der Waals surface area contributed by atoms with Crippen LogP contribution in [0, 0.1) is 0 Å². The van der Waals surface area contributed by atoms with E-state index in [0.29, 0.717) is 0 Å². The lowest BCUT2D eigenvalue weighted by molar-refractivity contribution is -0.0453. The molecule has 0 N–H and O–H groups in total. The first-order valence-electron chi connectivity index (χ1n) is 3.83. The Morgan fingerprint density at radius 3 is 1.12 bits per heavy atom. The molecule has 0 aromatic carbocycles. The summed E-state index contributed by atoms with van der Waals surface area (Å²) in [6, 6.07) is 0. The zero-order chi connectivity index (χ0) is 13.9. The SMILES string of the molecule is O=S(=O)(C1CC1S(=O)(=O)C(F)(F)F)C(F)(F)F. The molecule has 0 aromatic heterocycles. The summed E-state index contributed by atoms with van der Waals surface area (Å²) in [7, 11) is -11.8. The highest BCUT2D eigenvalue weighted by atomic mass is 32.2. The van der Waals surface area contributed by atoms with Gasteiger partial charge in [0.1, 0.15) is 0 Å². The van der Waals surface area contributed by atoms with Crippen LogP contribution in [-0.4, -0.2) is 38.4 Å². The number of sulfone groups is 2. The molecule has 0 bridgehead atoms. The normalized spacial score (nSPS) is 26.9. The molecule has 0 radical (unpaired) electrons. The minimum Gasteiger partial charge on any atom is -0.219 e. The fourth-order valence-corrected chi connectivity index (χ4v) is 4.55. The molecular weight excluding hydrogens is 302 g/mol. The third kappa shape index (κ3) is 2.23.